The van der Waals surface area contributed by atoms with Crippen LogP contribution in [0.2, 0.25) is 0 Å². The van der Waals surface area contributed by atoms with E-state index in [1.54, 1.807) is 0 Å². The number of carbonyl (C=O) groups excluding carboxylic acids is 2. The number of hydrogen-bond donors (Lipinski definition) is 1. The van der Waals surface area contributed by atoms with Crippen molar-refractivity contribution in [1.29, 1.82) is 0 Å². The number of piperidine rings is 1. The SMILES string of the molecule is Cc1cc(C)nc(N2CCC(N3CC(C(N)=O)CC3=O)CC2)n1. The first-order chi connectivity index (χ1) is 10.9. The molecule has 0 aromatic carbocycles. The maximum absolute atomic E-state index is 12.1. The summed E-state index contributed by atoms with van der Waals surface area (Å²) in [4.78, 5) is 36.4. The van der Waals surface area contributed by atoms with Crippen molar-refractivity contribution in [3.8, 4) is 0 Å². The molecule has 2 fully saturated rings. The van der Waals surface area contributed by atoms with Gasteiger partial charge in [0.1, 0.15) is 0 Å². The summed E-state index contributed by atoms with van der Waals surface area (Å²) in [7, 11) is 0. The summed E-state index contributed by atoms with van der Waals surface area (Å²) in [5.41, 5.74) is 7.27. The van der Waals surface area contributed by atoms with E-state index in [2.05, 4.69) is 14.9 Å². The molecule has 0 saturated carbocycles. The molecule has 0 bridgehead atoms. The summed E-state index contributed by atoms with van der Waals surface area (Å²) < 4.78 is 0. The van der Waals surface area contributed by atoms with Gasteiger partial charge in [-0.2, -0.15) is 0 Å². The second-order valence-corrected chi connectivity index (χ2v) is 6.52. The van der Waals surface area contributed by atoms with Crippen LogP contribution in [0.4, 0.5) is 5.95 Å². The molecule has 3 rings (SSSR count). The Balaban J connectivity index is 1.62. The molecule has 2 aliphatic heterocycles. The second kappa shape index (κ2) is 6.14. The Hall–Kier alpha value is -2.18. The zero-order valence-electron chi connectivity index (χ0n) is 13.7. The van der Waals surface area contributed by atoms with E-state index in [1.165, 1.54) is 0 Å². The Labute approximate surface area is 135 Å². The van der Waals surface area contributed by atoms with Crippen LogP contribution in [0.5, 0.6) is 0 Å². The molecule has 124 valence electrons. The van der Waals surface area contributed by atoms with Crippen LogP contribution in [0.1, 0.15) is 30.7 Å². The summed E-state index contributed by atoms with van der Waals surface area (Å²) in [5, 5.41) is 0. The molecule has 1 aromatic heterocycles. The third-order valence-corrected chi connectivity index (χ3v) is 4.72. The molecular formula is C16H23N5O2. The van der Waals surface area contributed by atoms with Crippen molar-refractivity contribution in [3.05, 3.63) is 17.5 Å². The maximum Gasteiger partial charge on any atom is 0.225 e. The van der Waals surface area contributed by atoms with Gasteiger partial charge in [-0.1, -0.05) is 0 Å². The standard InChI is InChI=1S/C16H23N5O2/c1-10-7-11(2)19-16(18-10)20-5-3-13(4-6-20)21-9-12(15(17)23)8-14(21)22/h7,12-13H,3-6,8-9H2,1-2H3,(H2,17,23). The number of anilines is 1. The first-order valence-corrected chi connectivity index (χ1v) is 8.10. The summed E-state index contributed by atoms with van der Waals surface area (Å²) in [5.74, 6) is 0.115. The van der Waals surface area contributed by atoms with Gasteiger partial charge in [-0.05, 0) is 32.8 Å². The molecule has 23 heavy (non-hydrogen) atoms. The lowest BCUT2D eigenvalue weighted by atomic mass is 10.0. The van der Waals surface area contributed by atoms with E-state index in [-0.39, 0.29) is 30.2 Å². The number of hydrogen-bond acceptors (Lipinski definition) is 5. The van der Waals surface area contributed by atoms with Crippen molar-refractivity contribution in [2.75, 3.05) is 24.5 Å². The van der Waals surface area contributed by atoms with Gasteiger partial charge in [-0.25, -0.2) is 9.97 Å². The fraction of sp³-hybridized carbons (Fsp3) is 0.625. The molecule has 2 amide bonds. The van der Waals surface area contributed by atoms with Crippen molar-refractivity contribution in [2.24, 2.45) is 11.7 Å². The van der Waals surface area contributed by atoms with E-state index in [0.29, 0.717) is 6.54 Å². The van der Waals surface area contributed by atoms with Gasteiger partial charge in [0, 0.05) is 43.5 Å². The van der Waals surface area contributed by atoms with Crippen molar-refractivity contribution in [1.82, 2.24) is 14.9 Å². The van der Waals surface area contributed by atoms with Crippen molar-refractivity contribution < 1.29 is 9.59 Å². The number of aryl methyl sites for hydroxylation is 2. The van der Waals surface area contributed by atoms with E-state index in [1.807, 2.05) is 24.8 Å². The number of nitrogens with two attached hydrogens (primary N) is 1. The van der Waals surface area contributed by atoms with Crippen LogP contribution in [0.15, 0.2) is 6.07 Å². The molecule has 7 heteroatoms. The average Bonchev–Trinajstić information content (AvgIpc) is 2.89. The average molecular weight is 317 g/mol. The van der Waals surface area contributed by atoms with Gasteiger partial charge in [0.05, 0.1) is 5.92 Å². The third kappa shape index (κ3) is 3.28. The minimum absolute atomic E-state index is 0.0508. The van der Waals surface area contributed by atoms with E-state index >= 15 is 0 Å². The highest BCUT2D eigenvalue weighted by molar-refractivity contribution is 5.88. The highest BCUT2D eigenvalue weighted by atomic mass is 16.2. The number of aromatic nitrogens is 2. The molecule has 0 radical (unpaired) electrons. The molecule has 1 unspecified atom stereocenters. The number of amides is 2. The Morgan fingerprint density at radius 3 is 2.35 bits per heavy atom. The molecule has 1 aromatic rings. The van der Waals surface area contributed by atoms with Crippen LogP contribution in [-0.2, 0) is 9.59 Å². The molecule has 2 aliphatic rings. The van der Waals surface area contributed by atoms with Gasteiger partial charge >= 0.3 is 0 Å². The highest BCUT2D eigenvalue weighted by Gasteiger charge is 2.38. The third-order valence-electron chi connectivity index (χ3n) is 4.72. The highest BCUT2D eigenvalue weighted by Crippen LogP contribution is 2.26. The quantitative estimate of drug-likeness (QED) is 0.871. The van der Waals surface area contributed by atoms with E-state index < -0.39 is 0 Å². The second-order valence-electron chi connectivity index (χ2n) is 6.52. The zero-order valence-corrected chi connectivity index (χ0v) is 13.7. The lowest BCUT2D eigenvalue weighted by molar-refractivity contribution is -0.130. The van der Waals surface area contributed by atoms with E-state index in [4.69, 9.17) is 5.73 Å². The largest absolute Gasteiger partial charge is 0.369 e. The van der Waals surface area contributed by atoms with Gasteiger partial charge in [0.2, 0.25) is 17.8 Å². The molecule has 0 aliphatic carbocycles. The van der Waals surface area contributed by atoms with Crippen LogP contribution < -0.4 is 10.6 Å². The molecule has 1 atom stereocenters. The van der Waals surface area contributed by atoms with Crippen LogP contribution in [-0.4, -0.2) is 52.4 Å². The van der Waals surface area contributed by atoms with Crippen molar-refractivity contribution in [2.45, 2.75) is 39.2 Å². The topological polar surface area (TPSA) is 92.4 Å². The first-order valence-electron chi connectivity index (χ1n) is 8.10. The van der Waals surface area contributed by atoms with E-state index in [9.17, 15) is 9.59 Å². The number of nitrogens with zero attached hydrogens (tertiary/aromatic N) is 4. The number of rotatable bonds is 3. The molecule has 3 heterocycles. The summed E-state index contributed by atoms with van der Waals surface area (Å²) in [6.45, 7) is 6.05. The maximum atomic E-state index is 12.1. The summed E-state index contributed by atoms with van der Waals surface area (Å²) in [6, 6.07) is 2.15. The van der Waals surface area contributed by atoms with E-state index in [0.717, 1.165) is 43.3 Å². The zero-order chi connectivity index (χ0) is 16.6. The van der Waals surface area contributed by atoms with Crippen LogP contribution in [0.25, 0.3) is 0 Å². The van der Waals surface area contributed by atoms with Crippen LogP contribution in [0, 0.1) is 19.8 Å². The fourth-order valence-corrected chi connectivity index (χ4v) is 3.50. The van der Waals surface area contributed by atoms with Crippen molar-refractivity contribution in [3.63, 3.8) is 0 Å². The summed E-state index contributed by atoms with van der Waals surface area (Å²) in [6.07, 6.45) is 2.00. The van der Waals surface area contributed by atoms with Crippen molar-refractivity contribution >= 4 is 17.8 Å². The van der Waals surface area contributed by atoms with Crippen LogP contribution in [0.3, 0.4) is 0 Å². The van der Waals surface area contributed by atoms with Crippen LogP contribution >= 0.6 is 0 Å². The Morgan fingerprint density at radius 1 is 1.22 bits per heavy atom. The molecule has 2 saturated heterocycles. The lowest BCUT2D eigenvalue weighted by Gasteiger charge is -2.37. The van der Waals surface area contributed by atoms with Gasteiger partial charge in [-0.15, -0.1) is 0 Å². The first kappa shape index (κ1) is 15.7. The smallest absolute Gasteiger partial charge is 0.225 e. The molecule has 7 nitrogen and oxygen atoms in total. The van der Waals surface area contributed by atoms with Gasteiger partial charge in [-0.3, -0.25) is 9.59 Å². The van der Waals surface area contributed by atoms with Gasteiger partial charge in [0.15, 0.2) is 0 Å². The monoisotopic (exact) mass is 317 g/mol. The van der Waals surface area contributed by atoms with Gasteiger partial charge in [0.25, 0.3) is 0 Å². The minimum Gasteiger partial charge on any atom is -0.369 e. The molecule has 2 N–H and O–H groups in total. The Bertz CT molecular complexity index is 605. The molecule has 0 spiro atoms. The molecular weight excluding hydrogens is 294 g/mol. The Kier molecular flexibility index (Phi) is 4.19. The predicted octanol–water partition coefficient (Wildman–Crippen LogP) is 0.396. The van der Waals surface area contributed by atoms with Gasteiger partial charge < -0.3 is 15.5 Å². The number of primary amides is 1. The summed E-state index contributed by atoms with van der Waals surface area (Å²) >= 11 is 0. The normalized spacial score (nSPS) is 22.7. The minimum atomic E-state index is -0.373. The number of likely N-dealkylation sites (tertiary alicyclic amines) is 1. The fourth-order valence-electron chi connectivity index (χ4n) is 3.50. The predicted molar refractivity (Wildman–Crippen MR) is 85.8 cm³/mol. The Morgan fingerprint density at radius 2 is 1.83 bits per heavy atom. The lowest BCUT2D eigenvalue weighted by Crippen LogP contribution is -2.46. The number of carbonyl (C=O) groups is 2.